The van der Waals surface area contributed by atoms with Gasteiger partial charge in [0.2, 0.25) is 0 Å². The van der Waals surface area contributed by atoms with Gasteiger partial charge < -0.3 is 19.3 Å². The maximum Gasteiger partial charge on any atom is 0.129 e. The van der Waals surface area contributed by atoms with Crippen LogP contribution in [0.2, 0.25) is 0 Å². The highest BCUT2D eigenvalue weighted by Crippen LogP contribution is 2.27. The molecule has 4 heteroatoms. The molecule has 0 amide bonds. The van der Waals surface area contributed by atoms with Crippen LogP contribution in [0, 0.1) is 5.41 Å². The van der Waals surface area contributed by atoms with Crippen molar-refractivity contribution in [2.24, 2.45) is 5.41 Å². The van der Waals surface area contributed by atoms with Gasteiger partial charge in [0, 0.05) is 25.7 Å². The minimum Gasteiger partial charge on any atom is -0.380 e. The SMILES string of the molecule is CN(CC1CCCN1C)CC1(C=O)CCOC1. The number of hydrogen-bond donors (Lipinski definition) is 0. The molecular formula is C13H24N2O2. The first-order valence-corrected chi connectivity index (χ1v) is 6.58. The number of carbonyl (C=O) groups is 1. The fraction of sp³-hybridized carbons (Fsp3) is 0.923. The molecule has 2 saturated heterocycles. The Bertz CT molecular complexity index is 264. The van der Waals surface area contributed by atoms with Gasteiger partial charge >= 0.3 is 0 Å². The first-order chi connectivity index (χ1) is 8.15. The second-order valence-electron chi connectivity index (χ2n) is 5.76. The second kappa shape index (κ2) is 5.46. The minimum atomic E-state index is -0.244. The Morgan fingerprint density at radius 2 is 2.41 bits per heavy atom. The molecule has 0 aromatic heterocycles. The summed E-state index contributed by atoms with van der Waals surface area (Å²) in [5.74, 6) is 0. The lowest BCUT2D eigenvalue weighted by atomic mass is 9.88. The Morgan fingerprint density at radius 3 is 2.94 bits per heavy atom. The van der Waals surface area contributed by atoms with Crippen LogP contribution in [0.5, 0.6) is 0 Å². The topological polar surface area (TPSA) is 32.8 Å². The van der Waals surface area contributed by atoms with Gasteiger partial charge in [-0.25, -0.2) is 0 Å². The molecule has 0 saturated carbocycles. The summed E-state index contributed by atoms with van der Waals surface area (Å²) in [7, 11) is 4.31. The summed E-state index contributed by atoms with van der Waals surface area (Å²) in [5.41, 5.74) is -0.244. The third-order valence-corrected chi connectivity index (χ3v) is 4.16. The largest absolute Gasteiger partial charge is 0.380 e. The summed E-state index contributed by atoms with van der Waals surface area (Å²) in [6.07, 6.45) is 4.57. The van der Waals surface area contributed by atoms with Crippen LogP contribution in [0.4, 0.5) is 0 Å². The first kappa shape index (κ1) is 13.0. The van der Waals surface area contributed by atoms with E-state index in [9.17, 15) is 4.79 Å². The van der Waals surface area contributed by atoms with E-state index in [-0.39, 0.29) is 5.41 Å². The van der Waals surface area contributed by atoms with E-state index in [1.165, 1.54) is 19.4 Å². The van der Waals surface area contributed by atoms with E-state index in [0.717, 1.165) is 32.4 Å². The third-order valence-electron chi connectivity index (χ3n) is 4.16. The van der Waals surface area contributed by atoms with Crippen molar-refractivity contribution in [3.8, 4) is 0 Å². The van der Waals surface area contributed by atoms with Crippen molar-refractivity contribution in [2.75, 3.05) is 46.9 Å². The predicted molar refractivity (Wildman–Crippen MR) is 67.1 cm³/mol. The zero-order chi connectivity index (χ0) is 12.3. The third kappa shape index (κ3) is 3.06. The molecule has 0 aromatic rings. The predicted octanol–water partition coefficient (Wildman–Crippen LogP) is 0.618. The maximum absolute atomic E-state index is 11.2. The highest BCUT2D eigenvalue weighted by Gasteiger charge is 2.36. The molecule has 0 spiro atoms. The highest BCUT2D eigenvalue weighted by atomic mass is 16.5. The molecule has 0 aromatic carbocycles. The van der Waals surface area contributed by atoms with Crippen LogP contribution in [0.25, 0.3) is 0 Å². The molecule has 2 atom stereocenters. The van der Waals surface area contributed by atoms with Crippen LogP contribution in [0.3, 0.4) is 0 Å². The molecule has 0 radical (unpaired) electrons. The zero-order valence-electron chi connectivity index (χ0n) is 11.0. The van der Waals surface area contributed by atoms with Crippen molar-refractivity contribution in [1.82, 2.24) is 9.80 Å². The van der Waals surface area contributed by atoms with Crippen molar-refractivity contribution in [2.45, 2.75) is 25.3 Å². The molecule has 2 heterocycles. The average Bonchev–Trinajstić information content (AvgIpc) is 2.90. The molecular weight excluding hydrogens is 216 g/mol. The molecule has 2 aliphatic rings. The van der Waals surface area contributed by atoms with Crippen molar-refractivity contribution in [3.05, 3.63) is 0 Å². The lowest BCUT2D eigenvalue weighted by Crippen LogP contribution is -2.43. The normalized spacial score (nSPS) is 34.6. The van der Waals surface area contributed by atoms with E-state index >= 15 is 0 Å². The number of carbonyl (C=O) groups excluding carboxylic acids is 1. The quantitative estimate of drug-likeness (QED) is 0.660. The van der Waals surface area contributed by atoms with Gasteiger partial charge in [-0.3, -0.25) is 0 Å². The zero-order valence-corrected chi connectivity index (χ0v) is 11.0. The first-order valence-electron chi connectivity index (χ1n) is 6.58. The number of likely N-dealkylation sites (N-methyl/N-ethyl adjacent to an activating group) is 2. The molecule has 0 aliphatic carbocycles. The van der Waals surface area contributed by atoms with E-state index in [1.54, 1.807) is 0 Å². The van der Waals surface area contributed by atoms with Gasteiger partial charge in [0.15, 0.2) is 0 Å². The van der Waals surface area contributed by atoms with Crippen LogP contribution in [-0.2, 0) is 9.53 Å². The van der Waals surface area contributed by atoms with Crippen molar-refractivity contribution >= 4 is 6.29 Å². The van der Waals surface area contributed by atoms with Gasteiger partial charge in [0.25, 0.3) is 0 Å². The van der Waals surface area contributed by atoms with Crippen LogP contribution in [0.1, 0.15) is 19.3 Å². The summed E-state index contributed by atoms with van der Waals surface area (Å²) in [5, 5.41) is 0. The van der Waals surface area contributed by atoms with E-state index in [4.69, 9.17) is 4.74 Å². The van der Waals surface area contributed by atoms with Gasteiger partial charge in [-0.05, 0) is 39.9 Å². The Balaban J connectivity index is 1.83. The van der Waals surface area contributed by atoms with E-state index in [2.05, 4.69) is 23.9 Å². The minimum absolute atomic E-state index is 0.244. The fourth-order valence-corrected chi connectivity index (χ4v) is 3.05. The fourth-order valence-electron chi connectivity index (χ4n) is 3.05. The average molecular weight is 240 g/mol. The molecule has 2 fully saturated rings. The molecule has 2 aliphatic heterocycles. The van der Waals surface area contributed by atoms with E-state index in [1.807, 2.05) is 0 Å². The standard InChI is InChI=1S/C13H24N2O2/c1-14(8-12-4-3-6-15(12)2)9-13(10-16)5-7-17-11-13/h10,12H,3-9,11H2,1-2H3. The lowest BCUT2D eigenvalue weighted by molar-refractivity contribution is -0.117. The molecule has 0 bridgehead atoms. The smallest absolute Gasteiger partial charge is 0.129 e. The molecule has 17 heavy (non-hydrogen) atoms. The summed E-state index contributed by atoms with van der Waals surface area (Å²) in [6, 6.07) is 0.658. The Labute approximate surface area is 104 Å². The molecule has 0 N–H and O–H groups in total. The highest BCUT2D eigenvalue weighted by molar-refractivity contribution is 5.60. The number of ether oxygens (including phenoxy) is 1. The number of hydrogen-bond acceptors (Lipinski definition) is 4. The lowest BCUT2D eigenvalue weighted by Gasteiger charge is -2.31. The van der Waals surface area contributed by atoms with Gasteiger partial charge in [-0.15, -0.1) is 0 Å². The number of aldehydes is 1. The van der Waals surface area contributed by atoms with Crippen molar-refractivity contribution in [3.63, 3.8) is 0 Å². The Morgan fingerprint density at radius 1 is 1.59 bits per heavy atom. The second-order valence-corrected chi connectivity index (χ2v) is 5.76. The Hall–Kier alpha value is -0.450. The van der Waals surface area contributed by atoms with Gasteiger partial charge in [0.1, 0.15) is 6.29 Å². The van der Waals surface area contributed by atoms with Gasteiger partial charge in [-0.1, -0.05) is 0 Å². The monoisotopic (exact) mass is 240 g/mol. The molecule has 2 rings (SSSR count). The van der Waals surface area contributed by atoms with Crippen molar-refractivity contribution < 1.29 is 9.53 Å². The molecule has 2 unspecified atom stereocenters. The van der Waals surface area contributed by atoms with Gasteiger partial charge in [0.05, 0.1) is 12.0 Å². The number of nitrogens with zero attached hydrogens (tertiary/aromatic N) is 2. The van der Waals surface area contributed by atoms with E-state index in [0.29, 0.717) is 12.6 Å². The van der Waals surface area contributed by atoms with Crippen LogP contribution >= 0.6 is 0 Å². The number of rotatable bonds is 5. The Kier molecular flexibility index (Phi) is 4.17. The van der Waals surface area contributed by atoms with Crippen molar-refractivity contribution in [1.29, 1.82) is 0 Å². The van der Waals surface area contributed by atoms with Crippen LogP contribution in [0.15, 0.2) is 0 Å². The van der Waals surface area contributed by atoms with Crippen LogP contribution < -0.4 is 0 Å². The summed E-state index contributed by atoms with van der Waals surface area (Å²) in [4.78, 5) is 16.0. The number of likely N-dealkylation sites (tertiary alicyclic amines) is 1. The summed E-state index contributed by atoms with van der Waals surface area (Å²) >= 11 is 0. The van der Waals surface area contributed by atoms with Crippen LogP contribution in [-0.4, -0.2) is 69.1 Å². The van der Waals surface area contributed by atoms with Gasteiger partial charge in [-0.2, -0.15) is 0 Å². The summed E-state index contributed by atoms with van der Waals surface area (Å²) in [6.45, 7) is 4.44. The van der Waals surface area contributed by atoms with E-state index < -0.39 is 0 Å². The maximum atomic E-state index is 11.2. The molecule has 98 valence electrons. The molecule has 4 nitrogen and oxygen atoms in total. The summed E-state index contributed by atoms with van der Waals surface area (Å²) < 4.78 is 5.38.